The van der Waals surface area contributed by atoms with Gasteiger partial charge in [0.25, 0.3) is 0 Å². The molecular formula is C9H8ClF2NO. The largest absolute Gasteiger partial charge is 0.323 e. The average Bonchev–Trinajstić information content (AvgIpc) is 2.13. The van der Waals surface area contributed by atoms with Crippen molar-refractivity contribution in [2.45, 2.75) is 6.42 Å². The first kappa shape index (κ1) is 10.9. The monoisotopic (exact) mass is 219 g/mol. The fraction of sp³-hybridized carbons (Fsp3) is 0.222. The smallest absolute Gasteiger partial charge is 0.225 e. The quantitative estimate of drug-likeness (QED) is 0.778. The van der Waals surface area contributed by atoms with E-state index in [4.69, 9.17) is 11.6 Å². The van der Waals surface area contributed by atoms with Crippen molar-refractivity contribution in [1.29, 1.82) is 0 Å². The Kier molecular flexibility index (Phi) is 3.83. The van der Waals surface area contributed by atoms with Crippen LogP contribution in [0.3, 0.4) is 0 Å². The van der Waals surface area contributed by atoms with Crippen LogP contribution in [0.5, 0.6) is 0 Å². The minimum absolute atomic E-state index is 0.0670. The zero-order valence-corrected chi connectivity index (χ0v) is 7.94. The van der Waals surface area contributed by atoms with Gasteiger partial charge in [0.05, 0.1) is 5.69 Å². The summed E-state index contributed by atoms with van der Waals surface area (Å²) in [5.74, 6) is -2.35. The molecular weight excluding hydrogens is 212 g/mol. The van der Waals surface area contributed by atoms with Crippen molar-refractivity contribution in [2.24, 2.45) is 0 Å². The lowest BCUT2D eigenvalue weighted by Gasteiger charge is -2.05. The van der Waals surface area contributed by atoms with E-state index in [1.807, 2.05) is 0 Å². The van der Waals surface area contributed by atoms with Crippen LogP contribution in [0.4, 0.5) is 14.5 Å². The van der Waals surface area contributed by atoms with Gasteiger partial charge in [-0.15, -0.1) is 11.6 Å². The van der Waals surface area contributed by atoms with E-state index in [9.17, 15) is 13.6 Å². The van der Waals surface area contributed by atoms with Crippen molar-refractivity contribution in [3.63, 3.8) is 0 Å². The number of anilines is 1. The maximum atomic E-state index is 13.0. The molecule has 0 heterocycles. The van der Waals surface area contributed by atoms with Crippen molar-refractivity contribution in [1.82, 2.24) is 0 Å². The molecule has 0 spiro atoms. The number of alkyl halides is 1. The molecule has 0 atom stereocenters. The molecule has 0 bridgehead atoms. The maximum Gasteiger partial charge on any atom is 0.225 e. The van der Waals surface area contributed by atoms with Gasteiger partial charge in [0.2, 0.25) is 5.91 Å². The van der Waals surface area contributed by atoms with Gasteiger partial charge in [0, 0.05) is 12.3 Å². The number of carbonyl (C=O) groups is 1. The van der Waals surface area contributed by atoms with Crippen LogP contribution < -0.4 is 5.32 Å². The van der Waals surface area contributed by atoms with E-state index in [0.29, 0.717) is 0 Å². The molecule has 1 amide bonds. The van der Waals surface area contributed by atoms with Crippen LogP contribution in [0.2, 0.25) is 0 Å². The molecule has 0 saturated heterocycles. The molecule has 0 aliphatic rings. The summed E-state index contributed by atoms with van der Waals surface area (Å²) < 4.78 is 25.6. The van der Waals surface area contributed by atoms with E-state index in [-0.39, 0.29) is 18.0 Å². The number of amides is 1. The van der Waals surface area contributed by atoms with Crippen molar-refractivity contribution in [3.8, 4) is 0 Å². The summed E-state index contributed by atoms with van der Waals surface area (Å²) in [6, 6.07) is 3.58. The number of halogens is 3. The molecule has 0 aromatic heterocycles. The van der Waals surface area contributed by atoms with E-state index < -0.39 is 17.5 Å². The minimum atomic E-state index is -1.06. The second kappa shape index (κ2) is 4.91. The number of hydrogen-bond acceptors (Lipinski definition) is 1. The zero-order valence-electron chi connectivity index (χ0n) is 7.19. The standard InChI is InChI=1S/C9H8ClF2NO/c10-5-4-8(14)13-7-3-1-2-6(11)9(7)12/h1-3H,4-5H2,(H,13,14). The molecule has 1 aromatic carbocycles. The van der Waals surface area contributed by atoms with Gasteiger partial charge in [0.1, 0.15) is 0 Å². The Bertz CT molecular complexity index is 344. The summed E-state index contributed by atoms with van der Waals surface area (Å²) in [5, 5.41) is 2.21. The average molecular weight is 220 g/mol. The van der Waals surface area contributed by atoms with Crippen molar-refractivity contribution >= 4 is 23.2 Å². The van der Waals surface area contributed by atoms with Crippen LogP contribution in [-0.2, 0) is 4.79 Å². The molecule has 0 radical (unpaired) electrons. The molecule has 1 rings (SSSR count). The summed E-state index contributed by atoms with van der Waals surface area (Å²) >= 11 is 5.31. The van der Waals surface area contributed by atoms with Crippen LogP contribution in [-0.4, -0.2) is 11.8 Å². The molecule has 0 aliphatic heterocycles. The van der Waals surface area contributed by atoms with Crippen molar-refractivity contribution < 1.29 is 13.6 Å². The fourth-order valence-corrected chi connectivity index (χ4v) is 1.07. The first-order chi connectivity index (χ1) is 6.65. The van der Waals surface area contributed by atoms with Crippen LogP contribution in [0.25, 0.3) is 0 Å². The Balaban J connectivity index is 2.76. The highest BCUT2D eigenvalue weighted by Gasteiger charge is 2.09. The van der Waals surface area contributed by atoms with Crippen LogP contribution in [0.1, 0.15) is 6.42 Å². The first-order valence-corrected chi connectivity index (χ1v) is 4.48. The van der Waals surface area contributed by atoms with Gasteiger partial charge >= 0.3 is 0 Å². The van der Waals surface area contributed by atoms with Gasteiger partial charge in [-0.25, -0.2) is 8.78 Å². The van der Waals surface area contributed by atoms with E-state index in [2.05, 4.69) is 5.32 Å². The molecule has 0 aliphatic carbocycles. The molecule has 0 fully saturated rings. The van der Waals surface area contributed by atoms with Gasteiger partial charge in [-0.3, -0.25) is 4.79 Å². The molecule has 0 saturated carbocycles. The Morgan fingerprint density at radius 3 is 2.79 bits per heavy atom. The Labute approximate surface area is 84.9 Å². The lowest BCUT2D eigenvalue weighted by atomic mass is 10.3. The fourth-order valence-electron chi connectivity index (χ4n) is 0.899. The molecule has 14 heavy (non-hydrogen) atoms. The topological polar surface area (TPSA) is 29.1 Å². The Hall–Kier alpha value is -1.16. The van der Waals surface area contributed by atoms with Gasteiger partial charge in [-0.2, -0.15) is 0 Å². The zero-order chi connectivity index (χ0) is 10.6. The number of nitrogens with one attached hydrogen (secondary N) is 1. The normalized spacial score (nSPS) is 9.93. The number of carbonyl (C=O) groups excluding carboxylic acids is 1. The molecule has 1 N–H and O–H groups in total. The van der Waals surface area contributed by atoms with Gasteiger partial charge in [0.15, 0.2) is 11.6 Å². The van der Waals surface area contributed by atoms with E-state index in [1.54, 1.807) is 0 Å². The summed E-state index contributed by atoms with van der Waals surface area (Å²) in [5.41, 5.74) is -0.167. The summed E-state index contributed by atoms with van der Waals surface area (Å²) in [6.07, 6.45) is 0.0670. The predicted octanol–water partition coefficient (Wildman–Crippen LogP) is 2.53. The van der Waals surface area contributed by atoms with E-state index >= 15 is 0 Å². The molecule has 0 unspecified atom stereocenters. The van der Waals surface area contributed by atoms with Crippen LogP contribution in [0.15, 0.2) is 18.2 Å². The third kappa shape index (κ3) is 2.67. The third-order valence-corrected chi connectivity index (χ3v) is 1.74. The van der Waals surface area contributed by atoms with Gasteiger partial charge in [-0.05, 0) is 12.1 Å². The molecule has 5 heteroatoms. The number of rotatable bonds is 3. The summed E-state index contributed by atoms with van der Waals surface area (Å²) in [6.45, 7) is 0. The SMILES string of the molecule is O=C(CCCl)Nc1cccc(F)c1F. The van der Waals surface area contributed by atoms with Crippen molar-refractivity contribution in [2.75, 3.05) is 11.2 Å². The van der Waals surface area contributed by atoms with E-state index in [0.717, 1.165) is 6.07 Å². The van der Waals surface area contributed by atoms with Gasteiger partial charge in [-0.1, -0.05) is 6.07 Å². The number of hydrogen-bond donors (Lipinski definition) is 1. The van der Waals surface area contributed by atoms with Crippen LogP contribution in [0, 0.1) is 11.6 Å². The summed E-state index contributed by atoms with van der Waals surface area (Å²) in [4.78, 5) is 11.0. The van der Waals surface area contributed by atoms with E-state index in [1.165, 1.54) is 12.1 Å². The first-order valence-electron chi connectivity index (χ1n) is 3.95. The predicted molar refractivity (Wildman–Crippen MR) is 50.3 cm³/mol. The minimum Gasteiger partial charge on any atom is -0.323 e. The number of benzene rings is 1. The van der Waals surface area contributed by atoms with Crippen molar-refractivity contribution in [3.05, 3.63) is 29.8 Å². The second-order valence-corrected chi connectivity index (χ2v) is 2.97. The molecule has 76 valence electrons. The van der Waals surface area contributed by atoms with Gasteiger partial charge < -0.3 is 5.32 Å². The third-order valence-electron chi connectivity index (χ3n) is 1.55. The highest BCUT2D eigenvalue weighted by atomic mass is 35.5. The highest BCUT2D eigenvalue weighted by Crippen LogP contribution is 2.16. The summed E-state index contributed by atoms with van der Waals surface area (Å²) in [7, 11) is 0. The maximum absolute atomic E-state index is 13.0. The lowest BCUT2D eigenvalue weighted by molar-refractivity contribution is -0.115. The Morgan fingerprint density at radius 2 is 2.14 bits per heavy atom. The lowest BCUT2D eigenvalue weighted by Crippen LogP contribution is -2.13. The second-order valence-electron chi connectivity index (χ2n) is 2.59. The highest BCUT2D eigenvalue weighted by molar-refractivity contribution is 6.19. The Morgan fingerprint density at radius 1 is 1.43 bits per heavy atom. The van der Waals surface area contributed by atoms with Crippen LogP contribution >= 0.6 is 11.6 Å². The molecule has 2 nitrogen and oxygen atoms in total. The molecule has 1 aromatic rings.